The van der Waals surface area contributed by atoms with Gasteiger partial charge in [0.15, 0.2) is 0 Å². The molecule has 2 aliphatic rings. The molecule has 0 N–H and O–H groups in total. The molecule has 2 unspecified atom stereocenters. The third-order valence-electron chi connectivity index (χ3n) is 15.6. The quantitative estimate of drug-likeness (QED) is 0.147. The van der Waals surface area contributed by atoms with Crippen LogP contribution in [0, 0.1) is 0 Å². The average Bonchev–Trinajstić information content (AvgIpc) is 3.87. The molecule has 12 rings (SSSR count). The molecular formula is C70H59N. The summed E-state index contributed by atoms with van der Waals surface area (Å²) in [6.45, 7) is 13.8. The van der Waals surface area contributed by atoms with Gasteiger partial charge < -0.3 is 4.90 Å². The van der Waals surface area contributed by atoms with Gasteiger partial charge >= 0.3 is 0 Å². The van der Waals surface area contributed by atoms with Gasteiger partial charge in [0.05, 0.1) is 10.8 Å². The minimum atomic E-state index is -0.618. The van der Waals surface area contributed by atoms with Crippen molar-refractivity contribution in [1.29, 1.82) is 0 Å². The lowest BCUT2D eigenvalue weighted by Crippen LogP contribution is -2.29. The predicted molar refractivity (Wildman–Crippen MR) is 299 cm³/mol. The Labute approximate surface area is 420 Å². The van der Waals surface area contributed by atoms with E-state index in [0.29, 0.717) is 0 Å². The van der Waals surface area contributed by atoms with Crippen LogP contribution in [0.3, 0.4) is 0 Å². The fourth-order valence-electron chi connectivity index (χ4n) is 12.1. The first-order valence-electron chi connectivity index (χ1n) is 25.2. The molecule has 0 saturated heterocycles. The molecule has 0 bridgehead atoms. The minimum Gasteiger partial charge on any atom is -0.310 e. The molecule has 0 saturated carbocycles. The Kier molecular flexibility index (Phi) is 10.5. The van der Waals surface area contributed by atoms with E-state index in [1.165, 1.54) is 89.0 Å². The van der Waals surface area contributed by atoms with E-state index in [1.807, 2.05) is 0 Å². The molecular weight excluding hydrogens is 855 g/mol. The number of fused-ring (bicyclic) bond motifs is 6. The van der Waals surface area contributed by atoms with Gasteiger partial charge in [-0.15, -0.1) is 0 Å². The highest BCUT2D eigenvalue weighted by molar-refractivity contribution is 5.93. The fraction of sp³-hybridized carbons (Fsp3) is 0.143. The van der Waals surface area contributed by atoms with E-state index in [-0.39, 0.29) is 10.8 Å². The molecule has 2 atom stereocenters. The molecule has 0 heterocycles. The van der Waals surface area contributed by atoms with Gasteiger partial charge in [-0.25, -0.2) is 0 Å². The molecule has 0 aromatic heterocycles. The maximum atomic E-state index is 2.51. The van der Waals surface area contributed by atoms with Gasteiger partial charge in [-0.05, 0) is 142 Å². The Bertz CT molecular complexity index is 3560. The zero-order valence-corrected chi connectivity index (χ0v) is 41.6. The van der Waals surface area contributed by atoms with Crippen molar-refractivity contribution < 1.29 is 0 Å². The zero-order chi connectivity index (χ0) is 48.5. The Morgan fingerprint density at radius 1 is 0.268 bits per heavy atom. The SMILES string of the molecule is CC(C)(C)c1ccc(C2(c3ccccc3)c3ccccc3-c3ccc(N(c4ccccc4)c4ccc5c(c4)C(c4ccccc4)(c4ccc(C(C)(C)C)cc4)c4cc(-c6ccccc6)ccc4-5)cc32)cc1. The van der Waals surface area contributed by atoms with Crippen molar-refractivity contribution in [3.05, 3.63) is 304 Å². The molecule has 10 aromatic carbocycles. The first-order chi connectivity index (χ1) is 34.5. The molecule has 1 heteroatoms. The summed E-state index contributed by atoms with van der Waals surface area (Å²) < 4.78 is 0. The van der Waals surface area contributed by atoms with Crippen LogP contribution in [0.1, 0.15) is 97.2 Å². The molecule has 71 heavy (non-hydrogen) atoms. The van der Waals surface area contributed by atoms with Crippen molar-refractivity contribution in [3.8, 4) is 33.4 Å². The second-order valence-corrected chi connectivity index (χ2v) is 21.7. The van der Waals surface area contributed by atoms with Gasteiger partial charge in [-0.2, -0.15) is 0 Å². The Hall–Kier alpha value is -8.00. The van der Waals surface area contributed by atoms with E-state index in [1.54, 1.807) is 0 Å². The second-order valence-electron chi connectivity index (χ2n) is 21.7. The third kappa shape index (κ3) is 7.04. The van der Waals surface area contributed by atoms with Gasteiger partial charge in [0.1, 0.15) is 0 Å². The van der Waals surface area contributed by atoms with Crippen LogP contribution in [0.25, 0.3) is 33.4 Å². The largest absolute Gasteiger partial charge is 0.310 e. The van der Waals surface area contributed by atoms with Crippen LogP contribution in [-0.2, 0) is 21.7 Å². The van der Waals surface area contributed by atoms with Crippen LogP contribution in [0.4, 0.5) is 17.1 Å². The Morgan fingerprint density at radius 2 is 0.634 bits per heavy atom. The maximum Gasteiger partial charge on any atom is 0.0714 e. The monoisotopic (exact) mass is 913 g/mol. The summed E-state index contributed by atoms with van der Waals surface area (Å²) in [6, 6.07) is 93.9. The van der Waals surface area contributed by atoms with Gasteiger partial charge in [-0.1, -0.05) is 248 Å². The van der Waals surface area contributed by atoms with Crippen molar-refractivity contribution in [1.82, 2.24) is 0 Å². The lowest BCUT2D eigenvalue weighted by molar-refractivity contribution is 0.589. The number of para-hydroxylation sites is 1. The standard InChI is InChI=1S/C70H59N/c1-67(2,3)50-32-36-54(37-33-50)69(52-23-13-8-14-24-52)63-30-20-19-29-59(63)61-43-40-57(46-65(61)69)71(56-27-17-10-18-28-56)58-41-44-62-60-42-31-49(48-21-11-7-12-22-48)45-64(60)70(66(62)47-58,53-25-15-9-16-26-53)55-38-34-51(35-39-55)68(4,5)6/h7-47H,1-6H3. The first-order valence-corrected chi connectivity index (χ1v) is 25.2. The van der Waals surface area contributed by atoms with Crippen molar-refractivity contribution in [2.75, 3.05) is 4.90 Å². The third-order valence-corrected chi connectivity index (χ3v) is 15.6. The summed E-state index contributed by atoms with van der Waals surface area (Å²) >= 11 is 0. The highest BCUT2D eigenvalue weighted by Crippen LogP contribution is 2.60. The summed E-state index contributed by atoms with van der Waals surface area (Å²) in [6.07, 6.45) is 0. The molecule has 344 valence electrons. The number of hydrogen-bond donors (Lipinski definition) is 0. The van der Waals surface area contributed by atoms with E-state index in [9.17, 15) is 0 Å². The molecule has 0 radical (unpaired) electrons. The molecule has 2 aliphatic carbocycles. The molecule has 0 aliphatic heterocycles. The van der Waals surface area contributed by atoms with Crippen LogP contribution in [0.5, 0.6) is 0 Å². The van der Waals surface area contributed by atoms with Gasteiger partial charge in [0.25, 0.3) is 0 Å². The summed E-state index contributed by atoms with van der Waals surface area (Å²) in [5.41, 5.74) is 22.5. The topological polar surface area (TPSA) is 3.24 Å². The van der Waals surface area contributed by atoms with Crippen molar-refractivity contribution in [2.24, 2.45) is 0 Å². The fourth-order valence-corrected chi connectivity index (χ4v) is 12.1. The summed E-state index contributed by atoms with van der Waals surface area (Å²) in [4.78, 5) is 2.48. The first kappa shape index (κ1) is 44.2. The van der Waals surface area contributed by atoms with Crippen LogP contribution < -0.4 is 4.90 Å². The van der Waals surface area contributed by atoms with E-state index in [0.717, 1.165) is 17.1 Å². The van der Waals surface area contributed by atoms with Crippen molar-refractivity contribution >= 4 is 17.1 Å². The van der Waals surface area contributed by atoms with Gasteiger partial charge in [-0.3, -0.25) is 0 Å². The van der Waals surface area contributed by atoms with E-state index >= 15 is 0 Å². The number of hydrogen-bond acceptors (Lipinski definition) is 1. The van der Waals surface area contributed by atoms with Crippen LogP contribution in [-0.4, -0.2) is 0 Å². The lowest BCUT2D eigenvalue weighted by Gasteiger charge is -2.36. The summed E-state index contributed by atoms with van der Waals surface area (Å²) in [7, 11) is 0. The Balaban J connectivity index is 1.12. The second kappa shape index (κ2) is 16.9. The number of anilines is 3. The van der Waals surface area contributed by atoms with Crippen LogP contribution >= 0.6 is 0 Å². The summed E-state index contributed by atoms with van der Waals surface area (Å²) in [5.74, 6) is 0. The molecule has 1 nitrogen and oxygen atoms in total. The zero-order valence-electron chi connectivity index (χ0n) is 41.6. The smallest absolute Gasteiger partial charge is 0.0714 e. The number of rotatable bonds is 8. The van der Waals surface area contributed by atoms with Crippen molar-refractivity contribution in [3.63, 3.8) is 0 Å². The molecule has 0 fully saturated rings. The van der Waals surface area contributed by atoms with Gasteiger partial charge in [0, 0.05) is 17.1 Å². The highest BCUT2D eigenvalue weighted by Gasteiger charge is 2.48. The predicted octanol–water partition coefficient (Wildman–Crippen LogP) is 18.1. The summed E-state index contributed by atoms with van der Waals surface area (Å²) in [5, 5.41) is 0. The number of benzene rings is 10. The van der Waals surface area contributed by atoms with Crippen LogP contribution in [0.2, 0.25) is 0 Å². The molecule has 0 amide bonds. The average molecular weight is 914 g/mol. The molecule has 0 spiro atoms. The van der Waals surface area contributed by atoms with E-state index in [4.69, 9.17) is 0 Å². The lowest BCUT2D eigenvalue weighted by atomic mass is 9.67. The van der Waals surface area contributed by atoms with Gasteiger partial charge in [0.2, 0.25) is 0 Å². The highest BCUT2D eigenvalue weighted by atomic mass is 15.1. The minimum absolute atomic E-state index is 0.0129. The maximum absolute atomic E-state index is 2.51. The van der Waals surface area contributed by atoms with Crippen molar-refractivity contribution in [2.45, 2.75) is 63.2 Å². The van der Waals surface area contributed by atoms with Crippen LogP contribution in [0.15, 0.2) is 249 Å². The Morgan fingerprint density at radius 3 is 1.11 bits per heavy atom. The number of nitrogens with zero attached hydrogens (tertiary/aromatic N) is 1. The van der Waals surface area contributed by atoms with E-state index < -0.39 is 10.8 Å². The molecule has 10 aromatic rings. The van der Waals surface area contributed by atoms with E-state index in [2.05, 4.69) is 295 Å². The normalized spacial score (nSPS) is 16.7.